The number of nitrogens with zero attached hydrogens (tertiary/aromatic N) is 1. The van der Waals surface area contributed by atoms with Gasteiger partial charge in [0, 0.05) is 6.20 Å². The maximum Gasteiger partial charge on any atom is 0.240 e. The second kappa shape index (κ2) is 5.77. The summed E-state index contributed by atoms with van der Waals surface area (Å²) in [5.74, 6) is -0.132. The first kappa shape index (κ1) is 13.6. The van der Waals surface area contributed by atoms with Gasteiger partial charge in [-0.3, -0.25) is 9.78 Å². The molecule has 0 aliphatic heterocycles. The minimum absolute atomic E-state index is 0.132. The van der Waals surface area contributed by atoms with Gasteiger partial charge in [0.2, 0.25) is 5.91 Å². The molecule has 1 amide bonds. The topological polar surface area (TPSA) is 68.0 Å². The van der Waals surface area contributed by atoms with Crippen LogP contribution < -0.4 is 11.1 Å². The minimum atomic E-state index is -0.804. The number of carbonyl (C=O) groups is 1. The molecule has 1 heterocycles. The van der Waals surface area contributed by atoms with Crippen molar-refractivity contribution in [2.45, 2.75) is 45.7 Å². The molecule has 0 saturated carbocycles. The number of aromatic nitrogens is 1. The summed E-state index contributed by atoms with van der Waals surface area (Å²) in [6.45, 7) is 6.15. The number of pyridine rings is 1. The van der Waals surface area contributed by atoms with Gasteiger partial charge in [-0.25, -0.2) is 0 Å². The highest BCUT2D eigenvalue weighted by atomic mass is 16.2. The van der Waals surface area contributed by atoms with Crippen molar-refractivity contribution in [2.24, 2.45) is 5.73 Å². The highest BCUT2D eigenvalue weighted by Gasteiger charge is 2.25. The molecule has 0 fully saturated rings. The third kappa shape index (κ3) is 3.53. The van der Waals surface area contributed by atoms with Crippen LogP contribution in [0, 0.1) is 0 Å². The Labute approximate surface area is 103 Å². The molecule has 0 bridgehead atoms. The zero-order valence-corrected chi connectivity index (χ0v) is 10.8. The fourth-order valence-electron chi connectivity index (χ4n) is 1.48. The van der Waals surface area contributed by atoms with E-state index in [0.717, 1.165) is 17.7 Å². The van der Waals surface area contributed by atoms with Gasteiger partial charge in [0.25, 0.3) is 0 Å². The van der Waals surface area contributed by atoms with Crippen LogP contribution >= 0.6 is 0 Å². The highest BCUT2D eigenvalue weighted by Crippen LogP contribution is 2.08. The third-order valence-corrected chi connectivity index (χ3v) is 3.03. The predicted octanol–water partition coefficient (Wildman–Crippen LogP) is 1.39. The van der Waals surface area contributed by atoms with E-state index >= 15 is 0 Å². The fraction of sp³-hybridized carbons (Fsp3) is 0.538. The lowest BCUT2D eigenvalue weighted by atomic mass is 9.99. The number of carbonyl (C=O) groups excluding carboxylic acids is 1. The molecule has 0 aromatic carbocycles. The molecule has 94 valence electrons. The molecule has 17 heavy (non-hydrogen) atoms. The van der Waals surface area contributed by atoms with E-state index in [9.17, 15) is 4.79 Å². The van der Waals surface area contributed by atoms with E-state index in [4.69, 9.17) is 5.73 Å². The molecule has 4 nitrogen and oxygen atoms in total. The summed E-state index contributed by atoms with van der Waals surface area (Å²) in [4.78, 5) is 16.1. The Balaban J connectivity index is 2.65. The lowest BCUT2D eigenvalue weighted by molar-refractivity contribution is -0.126. The van der Waals surface area contributed by atoms with Gasteiger partial charge in [-0.15, -0.1) is 0 Å². The summed E-state index contributed by atoms with van der Waals surface area (Å²) in [6.07, 6.45) is 3.26. The summed E-state index contributed by atoms with van der Waals surface area (Å²) < 4.78 is 0. The van der Waals surface area contributed by atoms with Gasteiger partial charge in [0.1, 0.15) is 0 Å². The summed E-state index contributed by atoms with van der Waals surface area (Å²) in [5.41, 5.74) is 7.13. The molecule has 0 radical (unpaired) electrons. The molecule has 0 aliphatic rings. The van der Waals surface area contributed by atoms with Crippen LogP contribution in [0.5, 0.6) is 0 Å². The van der Waals surface area contributed by atoms with Crippen molar-refractivity contribution >= 4 is 5.91 Å². The molecule has 1 aromatic rings. The monoisotopic (exact) mass is 235 g/mol. The Morgan fingerprint density at radius 1 is 1.53 bits per heavy atom. The normalized spacial score (nSPS) is 14.1. The molecular formula is C13H21N3O. The van der Waals surface area contributed by atoms with Crippen molar-refractivity contribution in [1.29, 1.82) is 0 Å². The van der Waals surface area contributed by atoms with Crippen molar-refractivity contribution in [1.82, 2.24) is 10.3 Å². The quantitative estimate of drug-likeness (QED) is 0.810. The van der Waals surface area contributed by atoms with Gasteiger partial charge in [-0.2, -0.15) is 0 Å². The molecule has 1 unspecified atom stereocenters. The number of amides is 1. The number of hydrogen-bond acceptors (Lipinski definition) is 3. The summed E-state index contributed by atoms with van der Waals surface area (Å²) in [7, 11) is 0. The molecule has 0 saturated heterocycles. The van der Waals surface area contributed by atoms with E-state index in [1.807, 2.05) is 19.1 Å². The predicted molar refractivity (Wildman–Crippen MR) is 68.3 cm³/mol. The van der Waals surface area contributed by atoms with Gasteiger partial charge in [0.05, 0.1) is 17.8 Å². The summed E-state index contributed by atoms with van der Waals surface area (Å²) >= 11 is 0. The summed E-state index contributed by atoms with van der Waals surface area (Å²) in [6, 6.07) is 3.93. The van der Waals surface area contributed by atoms with Crippen LogP contribution in [-0.4, -0.2) is 16.4 Å². The second-order valence-corrected chi connectivity index (χ2v) is 4.42. The number of aryl methyl sites for hydroxylation is 1. The fourth-order valence-corrected chi connectivity index (χ4v) is 1.48. The first-order chi connectivity index (χ1) is 8.01. The molecule has 1 atom stereocenters. The van der Waals surface area contributed by atoms with Gasteiger partial charge >= 0.3 is 0 Å². The van der Waals surface area contributed by atoms with Crippen molar-refractivity contribution in [3.8, 4) is 0 Å². The Hall–Kier alpha value is -1.42. The lowest BCUT2D eigenvalue weighted by Crippen LogP contribution is -2.50. The van der Waals surface area contributed by atoms with Crippen LogP contribution in [0.15, 0.2) is 18.3 Å². The van der Waals surface area contributed by atoms with Crippen LogP contribution in [0.2, 0.25) is 0 Å². The van der Waals surface area contributed by atoms with Gasteiger partial charge in [-0.05, 0) is 31.4 Å². The number of nitrogens with two attached hydrogens (primary N) is 1. The van der Waals surface area contributed by atoms with Crippen LogP contribution in [0.1, 0.15) is 38.4 Å². The largest absolute Gasteiger partial charge is 0.349 e. The molecule has 0 aliphatic carbocycles. The Morgan fingerprint density at radius 3 is 2.82 bits per heavy atom. The van der Waals surface area contributed by atoms with Crippen LogP contribution in [0.25, 0.3) is 0 Å². The van der Waals surface area contributed by atoms with E-state index in [1.54, 1.807) is 13.1 Å². The average molecular weight is 235 g/mol. The second-order valence-electron chi connectivity index (χ2n) is 4.42. The first-order valence-electron chi connectivity index (χ1n) is 6.01. The maximum atomic E-state index is 11.8. The van der Waals surface area contributed by atoms with Crippen molar-refractivity contribution in [3.63, 3.8) is 0 Å². The average Bonchev–Trinajstić information content (AvgIpc) is 2.36. The first-order valence-corrected chi connectivity index (χ1v) is 6.01. The van der Waals surface area contributed by atoms with Crippen LogP contribution in [0.3, 0.4) is 0 Å². The molecule has 4 heteroatoms. The number of nitrogens with one attached hydrogen (secondary N) is 1. The maximum absolute atomic E-state index is 11.8. The molecular weight excluding hydrogens is 214 g/mol. The lowest BCUT2D eigenvalue weighted by Gasteiger charge is -2.21. The van der Waals surface area contributed by atoms with Crippen molar-refractivity contribution < 1.29 is 4.79 Å². The Bertz CT molecular complexity index is 388. The van der Waals surface area contributed by atoms with Gasteiger partial charge in [-0.1, -0.05) is 19.9 Å². The Morgan fingerprint density at radius 2 is 2.24 bits per heavy atom. The standard InChI is InChI=1S/C13H21N3O/c1-4-10-7-6-8-15-11(10)9-16-12(17)13(3,14)5-2/h6-8H,4-5,9,14H2,1-3H3,(H,16,17). The molecule has 3 N–H and O–H groups in total. The van der Waals surface area contributed by atoms with Crippen molar-refractivity contribution in [3.05, 3.63) is 29.6 Å². The van der Waals surface area contributed by atoms with E-state index in [2.05, 4.69) is 17.2 Å². The highest BCUT2D eigenvalue weighted by molar-refractivity contribution is 5.85. The van der Waals surface area contributed by atoms with E-state index in [-0.39, 0.29) is 5.91 Å². The number of rotatable bonds is 5. The van der Waals surface area contributed by atoms with Gasteiger partial charge < -0.3 is 11.1 Å². The SMILES string of the molecule is CCc1cccnc1CNC(=O)C(C)(N)CC. The minimum Gasteiger partial charge on any atom is -0.349 e. The molecule has 1 rings (SSSR count). The van der Waals surface area contributed by atoms with E-state index in [0.29, 0.717) is 13.0 Å². The van der Waals surface area contributed by atoms with Gasteiger partial charge in [0.15, 0.2) is 0 Å². The smallest absolute Gasteiger partial charge is 0.240 e. The third-order valence-electron chi connectivity index (χ3n) is 3.03. The zero-order valence-electron chi connectivity index (χ0n) is 10.8. The molecule has 0 spiro atoms. The zero-order chi connectivity index (χ0) is 12.9. The van der Waals surface area contributed by atoms with Crippen molar-refractivity contribution in [2.75, 3.05) is 0 Å². The van der Waals surface area contributed by atoms with E-state index in [1.165, 1.54) is 0 Å². The number of hydrogen-bond donors (Lipinski definition) is 2. The molecule has 1 aromatic heterocycles. The van der Waals surface area contributed by atoms with E-state index < -0.39 is 5.54 Å². The van der Waals surface area contributed by atoms with Crippen LogP contribution in [-0.2, 0) is 17.8 Å². The van der Waals surface area contributed by atoms with Crippen LogP contribution in [0.4, 0.5) is 0 Å². The Kier molecular flexibility index (Phi) is 4.63. The summed E-state index contributed by atoms with van der Waals surface area (Å²) in [5, 5.41) is 2.84.